The van der Waals surface area contributed by atoms with Gasteiger partial charge in [0.25, 0.3) is 0 Å². The molecule has 0 aliphatic carbocycles. The first kappa shape index (κ1) is 17.0. The molecule has 1 N–H and O–H groups in total. The molecule has 3 heteroatoms. The maximum absolute atomic E-state index is 12.6. The molecule has 0 bridgehead atoms. The zero-order valence-electron chi connectivity index (χ0n) is 14.8. The Hall–Kier alpha value is -1.87. The van der Waals surface area contributed by atoms with Crippen molar-refractivity contribution >= 4 is 16.7 Å². The Morgan fingerprint density at radius 1 is 1.08 bits per heavy atom. The van der Waals surface area contributed by atoms with Crippen LogP contribution in [0.3, 0.4) is 0 Å². The summed E-state index contributed by atoms with van der Waals surface area (Å²) >= 11 is 0. The molecule has 0 spiro atoms. The topological polar surface area (TPSA) is 38.3 Å². The average Bonchev–Trinajstić information content (AvgIpc) is 2.59. The van der Waals surface area contributed by atoms with Gasteiger partial charge in [-0.2, -0.15) is 0 Å². The Kier molecular flexibility index (Phi) is 4.91. The van der Waals surface area contributed by atoms with Gasteiger partial charge < -0.3 is 10.1 Å². The lowest BCUT2D eigenvalue weighted by Crippen LogP contribution is -2.34. The van der Waals surface area contributed by atoms with Crippen LogP contribution in [0.2, 0.25) is 0 Å². The van der Waals surface area contributed by atoms with Crippen LogP contribution in [0.25, 0.3) is 10.8 Å². The van der Waals surface area contributed by atoms with Crippen molar-refractivity contribution in [2.45, 2.75) is 39.7 Å². The summed E-state index contributed by atoms with van der Waals surface area (Å²) in [5, 5.41) is 5.78. The summed E-state index contributed by atoms with van der Waals surface area (Å²) in [6.07, 6.45) is 1.89. The second kappa shape index (κ2) is 6.94. The highest BCUT2D eigenvalue weighted by Gasteiger charge is 2.33. The fourth-order valence-electron chi connectivity index (χ4n) is 3.35. The van der Waals surface area contributed by atoms with Gasteiger partial charge in [0.2, 0.25) is 0 Å². The molecule has 24 heavy (non-hydrogen) atoms. The fraction of sp³-hybridized carbons (Fsp3) is 0.476. The van der Waals surface area contributed by atoms with Gasteiger partial charge in [0.1, 0.15) is 6.10 Å². The van der Waals surface area contributed by atoms with E-state index in [9.17, 15) is 4.79 Å². The predicted octanol–water partition coefficient (Wildman–Crippen LogP) is 4.47. The molecule has 0 amide bonds. The van der Waals surface area contributed by atoms with Crippen molar-refractivity contribution in [2.24, 2.45) is 11.3 Å². The van der Waals surface area contributed by atoms with E-state index in [-0.39, 0.29) is 12.1 Å². The first-order valence-electron chi connectivity index (χ1n) is 8.86. The summed E-state index contributed by atoms with van der Waals surface area (Å²) in [5.41, 5.74) is 0.646. The second-order valence-corrected chi connectivity index (χ2v) is 7.73. The van der Waals surface area contributed by atoms with E-state index in [1.54, 1.807) is 0 Å². The van der Waals surface area contributed by atoms with E-state index >= 15 is 0 Å². The van der Waals surface area contributed by atoms with E-state index in [1.165, 1.54) is 10.8 Å². The monoisotopic (exact) mass is 325 g/mol. The molecule has 1 aliphatic rings. The minimum Gasteiger partial charge on any atom is -0.457 e. The summed E-state index contributed by atoms with van der Waals surface area (Å²) in [5.74, 6) is 0.238. The van der Waals surface area contributed by atoms with E-state index in [2.05, 4.69) is 41.7 Å². The smallest absolute Gasteiger partial charge is 0.311 e. The quantitative estimate of drug-likeness (QED) is 0.846. The highest BCUT2D eigenvalue weighted by molar-refractivity contribution is 5.86. The van der Waals surface area contributed by atoms with Crippen molar-refractivity contribution in [2.75, 3.05) is 13.1 Å². The number of nitrogens with one attached hydrogen (secondary N) is 1. The third kappa shape index (κ3) is 3.62. The lowest BCUT2D eigenvalue weighted by Gasteiger charge is -2.33. The van der Waals surface area contributed by atoms with Crippen LogP contribution in [0, 0.1) is 11.3 Å². The molecule has 0 radical (unpaired) electrons. The van der Waals surface area contributed by atoms with Crippen molar-refractivity contribution in [3.05, 3.63) is 48.0 Å². The number of carbonyl (C=O) groups is 1. The number of piperidine rings is 1. The average molecular weight is 325 g/mol. The minimum atomic E-state index is -0.490. The summed E-state index contributed by atoms with van der Waals surface area (Å²) in [7, 11) is 0. The van der Waals surface area contributed by atoms with Gasteiger partial charge in [-0.05, 0) is 57.5 Å². The van der Waals surface area contributed by atoms with E-state index < -0.39 is 5.41 Å². The lowest BCUT2D eigenvalue weighted by molar-refractivity contribution is -0.162. The van der Waals surface area contributed by atoms with Crippen molar-refractivity contribution in [3.8, 4) is 0 Å². The van der Waals surface area contributed by atoms with Crippen molar-refractivity contribution < 1.29 is 9.53 Å². The van der Waals surface area contributed by atoms with Crippen molar-refractivity contribution in [1.29, 1.82) is 0 Å². The van der Waals surface area contributed by atoms with E-state index in [1.807, 2.05) is 26.8 Å². The van der Waals surface area contributed by atoms with Gasteiger partial charge in [0.05, 0.1) is 5.41 Å². The number of esters is 1. The molecule has 2 aromatic rings. The van der Waals surface area contributed by atoms with E-state index in [4.69, 9.17) is 4.74 Å². The van der Waals surface area contributed by atoms with E-state index in [0.29, 0.717) is 5.92 Å². The van der Waals surface area contributed by atoms with Gasteiger partial charge in [0, 0.05) is 11.5 Å². The van der Waals surface area contributed by atoms with Crippen LogP contribution >= 0.6 is 0 Å². The number of carbonyl (C=O) groups excluding carboxylic acids is 1. The van der Waals surface area contributed by atoms with Gasteiger partial charge in [-0.25, -0.2) is 0 Å². The van der Waals surface area contributed by atoms with Gasteiger partial charge in [0.15, 0.2) is 0 Å². The minimum absolute atomic E-state index is 0.126. The van der Waals surface area contributed by atoms with Crippen LogP contribution in [-0.2, 0) is 9.53 Å². The normalized spacial score (nSPS) is 17.6. The van der Waals surface area contributed by atoms with Gasteiger partial charge in [-0.15, -0.1) is 0 Å². The molecular formula is C21H27NO2. The van der Waals surface area contributed by atoms with Crippen LogP contribution in [0.4, 0.5) is 0 Å². The first-order valence-corrected chi connectivity index (χ1v) is 8.86. The molecule has 0 aromatic heterocycles. The van der Waals surface area contributed by atoms with Crippen LogP contribution in [0.5, 0.6) is 0 Å². The number of rotatable bonds is 3. The maximum Gasteiger partial charge on any atom is 0.311 e. The van der Waals surface area contributed by atoms with Crippen LogP contribution in [0.1, 0.15) is 45.3 Å². The molecule has 1 atom stereocenters. The van der Waals surface area contributed by atoms with Crippen LogP contribution in [0.15, 0.2) is 42.5 Å². The molecule has 1 fully saturated rings. The third-order valence-electron chi connectivity index (χ3n) is 4.79. The molecule has 0 saturated carbocycles. The number of benzene rings is 2. The zero-order valence-corrected chi connectivity index (χ0v) is 14.8. The van der Waals surface area contributed by atoms with Gasteiger partial charge in [-0.3, -0.25) is 4.79 Å². The molecule has 0 unspecified atom stereocenters. The third-order valence-corrected chi connectivity index (χ3v) is 4.79. The Bertz CT molecular complexity index is 706. The molecule has 1 saturated heterocycles. The van der Waals surface area contributed by atoms with E-state index in [0.717, 1.165) is 31.5 Å². The number of ether oxygens (including phenoxy) is 1. The van der Waals surface area contributed by atoms with Gasteiger partial charge >= 0.3 is 5.97 Å². The Balaban J connectivity index is 2.01. The van der Waals surface area contributed by atoms with Gasteiger partial charge in [-0.1, -0.05) is 42.5 Å². The molecule has 2 aromatic carbocycles. The first-order chi connectivity index (χ1) is 11.5. The maximum atomic E-state index is 12.6. The molecule has 3 rings (SSSR count). The lowest BCUT2D eigenvalue weighted by atomic mass is 9.85. The number of fused-ring (bicyclic) bond motifs is 1. The number of hydrogen-bond acceptors (Lipinski definition) is 3. The standard InChI is InChI=1S/C21H27NO2/c1-21(2,3)20(23)24-19(16-11-13-22-14-12-16)18-10-6-8-15-7-4-5-9-17(15)18/h4-10,16,19,22H,11-14H2,1-3H3/t19-/m1/s1. The molecule has 128 valence electrons. The van der Waals surface area contributed by atoms with Crippen LogP contribution < -0.4 is 5.32 Å². The summed E-state index contributed by atoms with van der Waals surface area (Å²) in [6, 6.07) is 14.6. The molecular weight excluding hydrogens is 298 g/mol. The highest BCUT2D eigenvalue weighted by atomic mass is 16.5. The van der Waals surface area contributed by atoms with Crippen molar-refractivity contribution in [1.82, 2.24) is 5.32 Å². The van der Waals surface area contributed by atoms with Crippen molar-refractivity contribution in [3.63, 3.8) is 0 Å². The fourth-order valence-corrected chi connectivity index (χ4v) is 3.35. The summed E-state index contributed by atoms with van der Waals surface area (Å²) < 4.78 is 6.08. The largest absolute Gasteiger partial charge is 0.457 e. The predicted molar refractivity (Wildman–Crippen MR) is 97.8 cm³/mol. The Morgan fingerprint density at radius 3 is 2.46 bits per heavy atom. The zero-order chi connectivity index (χ0) is 17.2. The second-order valence-electron chi connectivity index (χ2n) is 7.73. The highest BCUT2D eigenvalue weighted by Crippen LogP contribution is 2.37. The number of hydrogen-bond donors (Lipinski definition) is 1. The molecule has 3 nitrogen and oxygen atoms in total. The van der Waals surface area contributed by atoms with Crippen LogP contribution in [-0.4, -0.2) is 19.1 Å². The molecule has 1 aliphatic heterocycles. The summed E-state index contributed by atoms with van der Waals surface area (Å²) in [4.78, 5) is 12.6. The Morgan fingerprint density at radius 2 is 1.75 bits per heavy atom. The SMILES string of the molecule is CC(C)(C)C(=O)O[C@@H](c1cccc2ccccc12)C1CCNCC1. The Labute approximate surface area is 144 Å². The summed E-state index contributed by atoms with van der Waals surface area (Å²) in [6.45, 7) is 7.71. The molecule has 1 heterocycles.